The van der Waals surface area contributed by atoms with E-state index in [1.54, 1.807) is 0 Å². The SMILES string of the molecule is Cc1ccc(C(=O)c2nc3ccccc3n2C=Cc2ccc(COC(C)(C)C(=O)O)cc2)cc1. The van der Waals surface area contributed by atoms with E-state index < -0.39 is 11.6 Å². The van der Waals surface area contributed by atoms with E-state index in [0.29, 0.717) is 11.4 Å². The first-order valence-electron chi connectivity index (χ1n) is 11.0. The van der Waals surface area contributed by atoms with Crippen LogP contribution in [0.3, 0.4) is 0 Å². The minimum absolute atomic E-state index is 0.144. The molecular weight excluding hydrogens is 428 g/mol. The number of imidazole rings is 1. The number of rotatable bonds is 8. The van der Waals surface area contributed by atoms with Gasteiger partial charge in [-0.25, -0.2) is 9.78 Å². The number of carboxylic acids is 1. The molecule has 0 saturated heterocycles. The number of ketones is 1. The Bertz CT molecular complexity index is 1360. The Kier molecular flexibility index (Phi) is 6.43. The highest BCUT2D eigenvalue weighted by molar-refractivity contribution is 6.09. The number of aliphatic carboxylic acids is 1. The van der Waals surface area contributed by atoms with E-state index in [0.717, 1.165) is 27.7 Å². The van der Waals surface area contributed by atoms with Crippen LogP contribution in [-0.4, -0.2) is 32.0 Å². The molecular formula is C28H26N2O4. The molecule has 172 valence electrons. The van der Waals surface area contributed by atoms with Gasteiger partial charge in [-0.3, -0.25) is 9.36 Å². The van der Waals surface area contributed by atoms with Crippen LogP contribution in [0.25, 0.3) is 23.3 Å². The average molecular weight is 455 g/mol. The Hall–Kier alpha value is -4.03. The summed E-state index contributed by atoms with van der Waals surface area (Å²) in [5.74, 6) is -0.799. The number of hydrogen-bond acceptors (Lipinski definition) is 4. The standard InChI is InChI=1S/C28H26N2O4/c1-19-8-14-22(15-9-19)25(31)26-29-23-6-4-5-7-24(23)30(26)17-16-20-10-12-21(13-11-20)18-34-28(2,3)27(32)33/h4-17H,18H2,1-3H3,(H,32,33). The van der Waals surface area contributed by atoms with Gasteiger partial charge in [0, 0.05) is 11.8 Å². The lowest BCUT2D eigenvalue weighted by Crippen LogP contribution is -2.34. The van der Waals surface area contributed by atoms with Crippen LogP contribution >= 0.6 is 0 Å². The molecule has 6 nitrogen and oxygen atoms in total. The molecule has 3 aromatic carbocycles. The van der Waals surface area contributed by atoms with Gasteiger partial charge in [0.25, 0.3) is 0 Å². The molecule has 0 atom stereocenters. The van der Waals surface area contributed by atoms with E-state index in [4.69, 9.17) is 4.74 Å². The van der Waals surface area contributed by atoms with Crippen molar-refractivity contribution in [3.05, 3.63) is 101 Å². The van der Waals surface area contributed by atoms with Crippen molar-refractivity contribution in [3.63, 3.8) is 0 Å². The van der Waals surface area contributed by atoms with Gasteiger partial charge >= 0.3 is 5.97 Å². The molecule has 1 heterocycles. The van der Waals surface area contributed by atoms with Crippen LogP contribution in [-0.2, 0) is 16.1 Å². The maximum absolute atomic E-state index is 13.2. The predicted octanol–water partition coefficient (Wildman–Crippen LogP) is 5.58. The number of para-hydroxylation sites is 2. The molecule has 0 aliphatic heterocycles. The number of fused-ring (bicyclic) bond motifs is 1. The lowest BCUT2D eigenvalue weighted by Gasteiger charge is -2.20. The van der Waals surface area contributed by atoms with Crippen LogP contribution in [0.2, 0.25) is 0 Å². The summed E-state index contributed by atoms with van der Waals surface area (Å²) in [7, 11) is 0. The zero-order chi connectivity index (χ0) is 24.3. The summed E-state index contributed by atoms with van der Waals surface area (Å²) >= 11 is 0. The van der Waals surface area contributed by atoms with Crippen molar-refractivity contribution < 1.29 is 19.4 Å². The first-order chi connectivity index (χ1) is 16.2. The zero-order valence-corrected chi connectivity index (χ0v) is 19.4. The van der Waals surface area contributed by atoms with Gasteiger partial charge in [0.05, 0.1) is 17.6 Å². The largest absolute Gasteiger partial charge is 0.479 e. The Balaban J connectivity index is 1.60. The van der Waals surface area contributed by atoms with Crippen LogP contribution in [0, 0.1) is 6.92 Å². The van der Waals surface area contributed by atoms with Gasteiger partial charge in [0.2, 0.25) is 5.78 Å². The third kappa shape index (κ3) is 4.97. The number of carbonyl (C=O) groups is 2. The second-order valence-electron chi connectivity index (χ2n) is 8.65. The Morgan fingerprint density at radius 1 is 1.00 bits per heavy atom. The van der Waals surface area contributed by atoms with Crippen LogP contribution in [0.1, 0.15) is 46.7 Å². The number of nitrogens with zero attached hydrogens (tertiary/aromatic N) is 2. The van der Waals surface area contributed by atoms with Gasteiger partial charge in [0.15, 0.2) is 11.4 Å². The summed E-state index contributed by atoms with van der Waals surface area (Å²) in [4.78, 5) is 29.0. The number of carbonyl (C=O) groups excluding carboxylic acids is 1. The molecule has 6 heteroatoms. The molecule has 1 N–H and O–H groups in total. The predicted molar refractivity (Wildman–Crippen MR) is 133 cm³/mol. The highest BCUT2D eigenvalue weighted by Gasteiger charge is 2.27. The lowest BCUT2D eigenvalue weighted by atomic mass is 10.1. The molecule has 4 rings (SSSR count). The fourth-order valence-electron chi connectivity index (χ4n) is 3.40. The summed E-state index contributed by atoms with van der Waals surface area (Å²) in [6.07, 6.45) is 3.75. The molecule has 0 amide bonds. The molecule has 0 aliphatic carbocycles. The van der Waals surface area contributed by atoms with Crippen molar-refractivity contribution in [2.75, 3.05) is 0 Å². The van der Waals surface area contributed by atoms with Crippen molar-refractivity contribution in [2.24, 2.45) is 0 Å². The molecule has 0 saturated carbocycles. The number of aromatic nitrogens is 2. The number of aryl methyl sites for hydroxylation is 1. The van der Waals surface area contributed by atoms with Crippen molar-refractivity contribution in [3.8, 4) is 0 Å². The highest BCUT2D eigenvalue weighted by atomic mass is 16.5. The summed E-state index contributed by atoms with van der Waals surface area (Å²) in [5, 5.41) is 9.18. The van der Waals surface area contributed by atoms with E-state index >= 15 is 0 Å². The van der Waals surface area contributed by atoms with E-state index in [-0.39, 0.29) is 12.4 Å². The fourth-order valence-corrected chi connectivity index (χ4v) is 3.40. The van der Waals surface area contributed by atoms with Gasteiger partial charge in [0.1, 0.15) is 0 Å². The van der Waals surface area contributed by atoms with Crippen molar-refractivity contribution in [1.29, 1.82) is 0 Å². The zero-order valence-electron chi connectivity index (χ0n) is 19.4. The molecule has 0 unspecified atom stereocenters. The van der Waals surface area contributed by atoms with E-state index in [9.17, 15) is 14.7 Å². The van der Waals surface area contributed by atoms with Crippen molar-refractivity contribution in [2.45, 2.75) is 33.0 Å². The second-order valence-corrected chi connectivity index (χ2v) is 8.65. The summed E-state index contributed by atoms with van der Waals surface area (Å²) in [5.41, 5.74) is 3.81. The molecule has 0 radical (unpaired) electrons. The first-order valence-corrected chi connectivity index (χ1v) is 11.0. The van der Waals surface area contributed by atoms with Gasteiger partial charge < -0.3 is 9.84 Å². The van der Waals surface area contributed by atoms with Crippen LogP contribution in [0.15, 0.2) is 72.8 Å². The molecule has 1 aromatic heterocycles. The first kappa shape index (κ1) is 23.1. The maximum Gasteiger partial charge on any atom is 0.335 e. The van der Waals surface area contributed by atoms with Crippen molar-refractivity contribution in [1.82, 2.24) is 9.55 Å². The van der Waals surface area contributed by atoms with Crippen LogP contribution < -0.4 is 0 Å². The second kappa shape index (κ2) is 9.45. The van der Waals surface area contributed by atoms with E-state index in [1.165, 1.54) is 13.8 Å². The summed E-state index contributed by atoms with van der Waals surface area (Å²) in [6, 6.07) is 22.7. The Morgan fingerprint density at radius 3 is 2.35 bits per heavy atom. The average Bonchev–Trinajstić information content (AvgIpc) is 3.20. The lowest BCUT2D eigenvalue weighted by molar-refractivity contribution is -0.162. The quantitative estimate of drug-likeness (QED) is 0.351. The minimum atomic E-state index is -1.25. The third-order valence-corrected chi connectivity index (χ3v) is 5.62. The van der Waals surface area contributed by atoms with Gasteiger partial charge in [-0.1, -0.05) is 66.2 Å². The molecule has 0 aliphatic rings. The molecule has 0 fully saturated rings. The van der Waals surface area contributed by atoms with Crippen LogP contribution in [0.5, 0.6) is 0 Å². The molecule has 34 heavy (non-hydrogen) atoms. The van der Waals surface area contributed by atoms with E-state index in [1.807, 2.05) is 96.6 Å². The topological polar surface area (TPSA) is 81.4 Å². The number of hydrogen-bond donors (Lipinski definition) is 1. The Labute approximate surface area is 198 Å². The normalized spacial score (nSPS) is 11.9. The molecule has 0 bridgehead atoms. The van der Waals surface area contributed by atoms with Crippen LogP contribution in [0.4, 0.5) is 0 Å². The number of carboxylic acid groups (broad SMARTS) is 1. The van der Waals surface area contributed by atoms with Crippen molar-refractivity contribution >= 4 is 35.1 Å². The maximum atomic E-state index is 13.2. The fraction of sp³-hybridized carbons (Fsp3) is 0.179. The van der Waals surface area contributed by atoms with Gasteiger partial charge in [-0.15, -0.1) is 0 Å². The Morgan fingerprint density at radius 2 is 1.68 bits per heavy atom. The number of benzene rings is 3. The highest BCUT2D eigenvalue weighted by Crippen LogP contribution is 2.21. The summed E-state index contributed by atoms with van der Waals surface area (Å²) in [6.45, 7) is 5.23. The third-order valence-electron chi connectivity index (χ3n) is 5.62. The molecule has 0 spiro atoms. The minimum Gasteiger partial charge on any atom is -0.479 e. The van der Waals surface area contributed by atoms with Gasteiger partial charge in [-0.2, -0.15) is 0 Å². The monoisotopic (exact) mass is 454 g/mol. The summed E-state index contributed by atoms with van der Waals surface area (Å²) < 4.78 is 7.32. The molecule has 4 aromatic rings. The smallest absolute Gasteiger partial charge is 0.335 e. The van der Waals surface area contributed by atoms with Gasteiger partial charge in [-0.05, 0) is 50.1 Å². The number of ether oxygens (including phenoxy) is 1. The van der Waals surface area contributed by atoms with E-state index in [2.05, 4.69) is 4.98 Å².